The minimum absolute atomic E-state index is 1.54. The van der Waals surface area contributed by atoms with E-state index in [4.69, 9.17) is 0 Å². The van der Waals surface area contributed by atoms with Gasteiger partial charge in [0.05, 0.1) is 13.4 Å². The van der Waals surface area contributed by atoms with Crippen molar-refractivity contribution in [2.24, 2.45) is 0 Å². The molecule has 0 fully saturated rings. The predicted molar refractivity (Wildman–Crippen MR) is 25.1 cm³/mol. The van der Waals surface area contributed by atoms with Gasteiger partial charge in [0, 0.05) is 4.99 Å². The van der Waals surface area contributed by atoms with Crippen molar-refractivity contribution in [2.75, 3.05) is 7.11 Å². The monoisotopic (exact) mass is 136 g/mol. The Kier molecular flexibility index (Phi) is 4.04. The van der Waals surface area contributed by atoms with Crippen LogP contribution < -0.4 is 0 Å². The fraction of sp³-hybridized carbons (Fsp3) is 0.333. The number of hydrogen-bond acceptors (Lipinski definition) is 1. The molecule has 0 N–H and O–H groups in total. The van der Waals surface area contributed by atoms with Crippen molar-refractivity contribution in [2.45, 2.75) is 0 Å². The molecule has 0 aromatic carbocycles. The quantitative estimate of drug-likeness (QED) is 0.497. The fourth-order valence-corrected chi connectivity index (χ4v) is 0.267. The summed E-state index contributed by atoms with van der Waals surface area (Å²) in [5.41, 5.74) is 0. The molecule has 0 rings (SSSR count). The topological polar surface area (TPSA) is 9.23 Å². The van der Waals surface area contributed by atoms with Gasteiger partial charge in [0.2, 0.25) is 0 Å². The highest BCUT2D eigenvalue weighted by Gasteiger charge is 1.49. The molecule has 0 aromatic heterocycles. The standard InChI is InChI=1S/C3H5BrO/c1-5-3-2-4/h2-3H,1H3. The Morgan fingerprint density at radius 1 is 1.80 bits per heavy atom. The molecule has 0 aromatic rings. The van der Waals surface area contributed by atoms with Gasteiger partial charge in [-0.15, -0.1) is 0 Å². The smallest absolute Gasteiger partial charge is 0.0893 e. The summed E-state index contributed by atoms with van der Waals surface area (Å²) in [4.78, 5) is 1.65. The van der Waals surface area contributed by atoms with Crippen LogP contribution in [-0.4, -0.2) is 7.11 Å². The van der Waals surface area contributed by atoms with Crippen LogP contribution in [0.25, 0.3) is 0 Å². The van der Waals surface area contributed by atoms with Crippen molar-refractivity contribution in [1.29, 1.82) is 0 Å². The molecule has 0 bridgehead atoms. The van der Waals surface area contributed by atoms with E-state index in [2.05, 4.69) is 20.7 Å². The Balaban J connectivity index is 2.62. The Hall–Kier alpha value is 0.0200. The lowest BCUT2D eigenvalue weighted by Gasteiger charge is -1.75. The molecular weight excluding hydrogens is 132 g/mol. The van der Waals surface area contributed by atoms with Crippen LogP contribution >= 0.6 is 15.9 Å². The third-order valence-corrected chi connectivity index (χ3v) is 0.403. The molecule has 5 heavy (non-hydrogen) atoms. The van der Waals surface area contributed by atoms with E-state index in [0.717, 1.165) is 0 Å². The fourth-order valence-electron chi connectivity index (χ4n) is 0.0514. The van der Waals surface area contributed by atoms with Crippen LogP contribution in [0.2, 0.25) is 0 Å². The van der Waals surface area contributed by atoms with E-state index in [1.165, 1.54) is 0 Å². The second-order valence-corrected chi connectivity index (χ2v) is 1.03. The van der Waals surface area contributed by atoms with Crippen molar-refractivity contribution in [1.82, 2.24) is 0 Å². The Labute approximate surface area is 39.8 Å². The molecule has 30 valence electrons. The zero-order valence-corrected chi connectivity index (χ0v) is 4.53. The number of methoxy groups -OCH3 is 1. The lowest BCUT2D eigenvalue weighted by molar-refractivity contribution is 0.339. The summed E-state index contributed by atoms with van der Waals surface area (Å²) < 4.78 is 4.46. The molecule has 0 atom stereocenters. The van der Waals surface area contributed by atoms with Gasteiger partial charge in [-0.1, -0.05) is 15.9 Å². The van der Waals surface area contributed by atoms with Crippen LogP contribution in [0.5, 0.6) is 0 Å². The van der Waals surface area contributed by atoms with E-state index in [1.807, 2.05) is 0 Å². The van der Waals surface area contributed by atoms with Crippen LogP contribution in [0.4, 0.5) is 0 Å². The average molecular weight is 137 g/mol. The van der Waals surface area contributed by atoms with Gasteiger partial charge in [-0.25, -0.2) is 0 Å². The number of halogens is 1. The lowest BCUT2D eigenvalue weighted by Crippen LogP contribution is -1.56. The first-order valence-electron chi connectivity index (χ1n) is 1.20. The van der Waals surface area contributed by atoms with Crippen molar-refractivity contribution >= 4 is 15.9 Å². The zero-order valence-electron chi connectivity index (χ0n) is 2.94. The summed E-state index contributed by atoms with van der Waals surface area (Å²) in [5.74, 6) is 0. The maximum Gasteiger partial charge on any atom is 0.0893 e. The van der Waals surface area contributed by atoms with Crippen LogP contribution in [-0.2, 0) is 4.74 Å². The number of rotatable bonds is 1. The van der Waals surface area contributed by atoms with Gasteiger partial charge in [-0.3, -0.25) is 0 Å². The summed E-state index contributed by atoms with van der Waals surface area (Å²) in [7, 11) is 1.60. The zero-order chi connectivity index (χ0) is 4.12. The molecule has 0 amide bonds. The maximum absolute atomic E-state index is 4.46. The minimum atomic E-state index is 1.54. The molecule has 0 aliphatic heterocycles. The summed E-state index contributed by atoms with van der Waals surface area (Å²) in [6.45, 7) is 0. The molecule has 0 unspecified atom stereocenters. The molecule has 2 heteroatoms. The Morgan fingerprint density at radius 3 is 2.40 bits per heavy atom. The van der Waals surface area contributed by atoms with E-state index in [1.54, 1.807) is 18.4 Å². The molecule has 1 nitrogen and oxygen atoms in total. The van der Waals surface area contributed by atoms with Gasteiger partial charge in [-0.2, -0.15) is 0 Å². The van der Waals surface area contributed by atoms with Crippen molar-refractivity contribution in [3.8, 4) is 0 Å². The van der Waals surface area contributed by atoms with Crippen molar-refractivity contribution in [3.05, 3.63) is 11.2 Å². The first-order chi connectivity index (χ1) is 2.41. The van der Waals surface area contributed by atoms with Gasteiger partial charge >= 0.3 is 0 Å². The molecule has 0 heterocycles. The van der Waals surface area contributed by atoms with Gasteiger partial charge < -0.3 is 4.74 Å². The summed E-state index contributed by atoms with van der Waals surface area (Å²) in [6.07, 6.45) is 1.54. The van der Waals surface area contributed by atoms with Gasteiger partial charge in [0.25, 0.3) is 0 Å². The highest BCUT2D eigenvalue weighted by atomic mass is 79.9. The summed E-state index contributed by atoms with van der Waals surface area (Å²) >= 11 is 3.00. The Morgan fingerprint density at radius 2 is 2.40 bits per heavy atom. The molecule has 0 radical (unpaired) electrons. The van der Waals surface area contributed by atoms with E-state index in [9.17, 15) is 0 Å². The van der Waals surface area contributed by atoms with Crippen molar-refractivity contribution < 1.29 is 4.74 Å². The number of hydrogen-bond donors (Lipinski definition) is 0. The number of ether oxygens (including phenoxy) is 1. The van der Waals surface area contributed by atoms with Crippen LogP contribution in [0.3, 0.4) is 0 Å². The predicted octanol–water partition coefficient (Wildman–Crippen LogP) is 1.50. The molecule has 0 saturated carbocycles. The van der Waals surface area contributed by atoms with E-state index >= 15 is 0 Å². The van der Waals surface area contributed by atoms with Crippen LogP contribution in [0.1, 0.15) is 0 Å². The third-order valence-electron chi connectivity index (χ3n) is 0.188. The molecule has 0 aliphatic rings. The summed E-state index contributed by atoms with van der Waals surface area (Å²) in [5, 5.41) is 0. The normalized spacial score (nSPS) is 9.20. The largest absolute Gasteiger partial charge is 0.504 e. The first kappa shape index (κ1) is 5.02. The second-order valence-electron chi connectivity index (χ2n) is 0.498. The van der Waals surface area contributed by atoms with E-state index in [-0.39, 0.29) is 0 Å². The van der Waals surface area contributed by atoms with Crippen LogP contribution in [0.15, 0.2) is 11.2 Å². The molecule has 0 aliphatic carbocycles. The van der Waals surface area contributed by atoms with Crippen molar-refractivity contribution in [3.63, 3.8) is 0 Å². The second kappa shape index (κ2) is 4.02. The highest BCUT2D eigenvalue weighted by Crippen LogP contribution is 1.79. The van der Waals surface area contributed by atoms with Gasteiger partial charge in [0.15, 0.2) is 0 Å². The van der Waals surface area contributed by atoms with Gasteiger partial charge in [0.1, 0.15) is 0 Å². The average Bonchev–Trinajstić information content (AvgIpc) is 1.41. The SMILES string of the molecule is COC=CBr. The van der Waals surface area contributed by atoms with E-state index in [0.29, 0.717) is 0 Å². The molecule has 0 spiro atoms. The lowest BCUT2D eigenvalue weighted by atomic mass is 11.1. The summed E-state index contributed by atoms with van der Waals surface area (Å²) in [6, 6.07) is 0. The minimum Gasteiger partial charge on any atom is -0.504 e. The highest BCUT2D eigenvalue weighted by molar-refractivity contribution is 9.11. The third kappa shape index (κ3) is 4.02. The van der Waals surface area contributed by atoms with E-state index < -0.39 is 0 Å². The molecular formula is C3H5BrO. The Bertz CT molecular complexity index is 33.9. The first-order valence-corrected chi connectivity index (χ1v) is 2.11. The van der Waals surface area contributed by atoms with Crippen LogP contribution in [0, 0.1) is 0 Å². The molecule has 0 saturated heterocycles. The maximum atomic E-state index is 4.46. The van der Waals surface area contributed by atoms with Gasteiger partial charge in [-0.05, 0) is 0 Å².